The first-order chi connectivity index (χ1) is 17.7. The van der Waals surface area contributed by atoms with Gasteiger partial charge in [-0.25, -0.2) is 0 Å². The largest absolute Gasteiger partial charge is 0.487 e. The summed E-state index contributed by atoms with van der Waals surface area (Å²) in [6, 6.07) is 21.3. The highest BCUT2D eigenvalue weighted by molar-refractivity contribution is 14.1. The molecule has 0 spiro atoms. The Kier molecular flexibility index (Phi) is 9.30. The number of rotatable bonds is 8. The van der Waals surface area contributed by atoms with Gasteiger partial charge in [0.25, 0.3) is 11.1 Å². The average Bonchev–Trinajstić information content (AvgIpc) is 3.11. The van der Waals surface area contributed by atoms with Crippen molar-refractivity contribution in [2.24, 2.45) is 0 Å². The number of thioether (sulfide) groups is 1. The number of nitrogens with zero attached hydrogens (tertiary/aromatic N) is 1. The Morgan fingerprint density at radius 3 is 2.30 bits per heavy atom. The van der Waals surface area contributed by atoms with E-state index in [2.05, 4.69) is 64.3 Å². The summed E-state index contributed by atoms with van der Waals surface area (Å²) in [7, 11) is 0. The van der Waals surface area contributed by atoms with Crippen LogP contribution in [0.15, 0.2) is 71.6 Å². The van der Waals surface area contributed by atoms with E-state index in [9.17, 15) is 14.4 Å². The zero-order valence-corrected chi connectivity index (χ0v) is 25.3. The number of anilines is 1. The van der Waals surface area contributed by atoms with Crippen LogP contribution < -0.4 is 10.1 Å². The molecule has 0 bridgehead atoms. The normalized spacial score (nSPS) is 14.5. The van der Waals surface area contributed by atoms with Crippen molar-refractivity contribution in [3.8, 4) is 5.75 Å². The summed E-state index contributed by atoms with van der Waals surface area (Å²) < 4.78 is 7.82. The summed E-state index contributed by atoms with van der Waals surface area (Å²) in [4.78, 5) is 39.2. The lowest BCUT2D eigenvalue weighted by Gasteiger charge is -2.13. The smallest absolute Gasteiger partial charge is 0.294 e. The number of carbonyl (C=O) groups excluding carboxylic acids is 3. The molecule has 3 amide bonds. The quantitative estimate of drug-likeness (QED) is 0.195. The van der Waals surface area contributed by atoms with Crippen molar-refractivity contribution in [2.45, 2.75) is 26.4 Å². The maximum Gasteiger partial charge on any atom is 0.294 e. The van der Waals surface area contributed by atoms with Gasteiger partial charge in [-0.05, 0) is 110 Å². The Bertz CT molecular complexity index is 1340. The van der Waals surface area contributed by atoms with Crippen molar-refractivity contribution < 1.29 is 19.1 Å². The third-order valence-electron chi connectivity index (χ3n) is 5.58. The summed E-state index contributed by atoms with van der Waals surface area (Å²) in [6.45, 7) is 4.30. The lowest BCUT2D eigenvalue weighted by Crippen LogP contribution is -2.36. The van der Waals surface area contributed by atoms with E-state index in [4.69, 9.17) is 4.74 Å². The summed E-state index contributed by atoms with van der Waals surface area (Å²) in [5.74, 6) is 0.254. The van der Waals surface area contributed by atoms with Crippen LogP contribution in [0.2, 0.25) is 0 Å². The molecular formula is C28H24I2N2O4S. The van der Waals surface area contributed by atoms with Crippen LogP contribution in [0, 0.1) is 7.14 Å². The van der Waals surface area contributed by atoms with E-state index >= 15 is 0 Å². The number of halogens is 2. The molecule has 37 heavy (non-hydrogen) atoms. The van der Waals surface area contributed by atoms with Crippen molar-refractivity contribution in [1.29, 1.82) is 0 Å². The molecule has 0 saturated carbocycles. The number of nitrogens with one attached hydrogen (secondary N) is 1. The molecular weight excluding hydrogens is 714 g/mol. The zero-order chi connectivity index (χ0) is 26.5. The number of benzene rings is 3. The first-order valence-corrected chi connectivity index (χ1v) is 14.5. The molecule has 4 rings (SSSR count). The molecule has 1 aliphatic heterocycles. The first kappa shape index (κ1) is 27.6. The number of carbonyl (C=O) groups is 3. The van der Waals surface area contributed by atoms with Crippen molar-refractivity contribution in [3.05, 3.63) is 95.5 Å². The van der Waals surface area contributed by atoms with Crippen molar-refractivity contribution >= 4 is 85.8 Å². The molecule has 6 nitrogen and oxygen atoms in total. The number of ether oxygens (including phenoxy) is 1. The minimum Gasteiger partial charge on any atom is -0.487 e. The predicted octanol–water partition coefficient (Wildman–Crippen LogP) is 7.27. The second kappa shape index (κ2) is 12.4. The Morgan fingerprint density at radius 1 is 1.03 bits per heavy atom. The summed E-state index contributed by atoms with van der Waals surface area (Å²) in [5.41, 5.74) is 3.63. The zero-order valence-electron chi connectivity index (χ0n) is 20.2. The highest BCUT2D eigenvalue weighted by atomic mass is 127. The predicted molar refractivity (Wildman–Crippen MR) is 164 cm³/mol. The lowest BCUT2D eigenvalue weighted by molar-refractivity contribution is -0.127. The van der Waals surface area contributed by atoms with Crippen molar-refractivity contribution in [1.82, 2.24) is 4.90 Å². The third kappa shape index (κ3) is 7.14. The van der Waals surface area contributed by atoms with Crippen molar-refractivity contribution in [3.63, 3.8) is 0 Å². The van der Waals surface area contributed by atoms with Gasteiger partial charge in [0.05, 0.1) is 12.0 Å². The molecule has 3 aromatic rings. The summed E-state index contributed by atoms with van der Waals surface area (Å²) in [6.07, 6.45) is 1.68. The molecule has 190 valence electrons. The van der Waals surface area contributed by atoms with Gasteiger partial charge in [0.1, 0.15) is 18.9 Å². The Balaban J connectivity index is 1.41. The fraction of sp³-hybridized carbons (Fsp3) is 0.179. The Labute approximate surface area is 247 Å². The molecule has 3 aromatic carbocycles. The third-order valence-corrected chi connectivity index (χ3v) is 8.09. The van der Waals surface area contributed by atoms with E-state index in [-0.39, 0.29) is 11.4 Å². The fourth-order valence-electron chi connectivity index (χ4n) is 3.61. The lowest BCUT2D eigenvalue weighted by atomic mass is 10.0. The van der Waals surface area contributed by atoms with Crippen LogP contribution in [0.1, 0.15) is 36.5 Å². The molecule has 9 heteroatoms. The van der Waals surface area contributed by atoms with E-state index in [1.165, 1.54) is 0 Å². The van der Waals surface area contributed by atoms with Gasteiger partial charge in [-0.1, -0.05) is 56.3 Å². The molecule has 1 N–H and O–H groups in total. The SMILES string of the molecule is CC(C)c1ccc(NC(=O)CN2C(=O)S/C(=C/c3cc(I)c(OCc4ccccc4)c(I)c3)C2=O)cc1. The van der Waals surface area contributed by atoms with Crippen LogP contribution in [0.5, 0.6) is 5.75 Å². The van der Waals surface area contributed by atoms with Crippen LogP contribution in [0.4, 0.5) is 10.5 Å². The highest BCUT2D eigenvalue weighted by Gasteiger charge is 2.36. The van der Waals surface area contributed by atoms with E-state index in [0.29, 0.717) is 18.2 Å². The van der Waals surface area contributed by atoms with E-state index < -0.39 is 17.1 Å². The first-order valence-electron chi connectivity index (χ1n) is 11.5. The van der Waals surface area contributed by atoms with Gasteiger partial charge in [-0.15, -0.1) is 0 Å². The fourth-order valence-corrected chi connectivity index (χ4v) is 6.58. The molecule has 1 saturated heterocycles. The maximum absolute atomic E-state index is 12.9. The minimum absolute atomic E-state index is 0.281. The van der Waals surface area contributed by atoms with Crippen LogP contribution in [0.25, 0.3) is 6.08 Å². The van der Waals surface area contributed by atoms with E-state index in [0.717, 1.165) is 46.2 Å². The number of amides is 3. The molecule has 1 fully saturated rings. The van der Waals surface area contributed by atoms with Crippen LogP contribution >= 0.6 is 56.9 Å². The molecule has 0 aliphatic carbocycles. The topological polar surface area (TPSA) is 75.7 Å². The average molecular weight is 738 g/mol. The Hall–Kier alpha value is -2.38. The molecule has 1 heterocycles. The number of imide groups is 1. The molecule has 1 aliphatic rings. The monoisotopic (exact) mass is 738 g/mol. The van der Waals surface area contributed by atoms with E-state index in [1.807, 2.05) is 66.7 Å². The standard InChI is InChI=1S/C28H24I2N2O4S/c1-17(2)20-8-10-21(11-9-20)31-25(33)15-32-27(34)24(37-28(32)35)14-19-12-22(29)26(23(30)13-19)36-16-18-6-4-3-5-7-18/h3-14,17H,15-16H2,1-2H3,(H,31,33)/b24-14+. The van der Waals surface area contributed by atoms with Gasteiger partial charge in [0.2, 0.25) is 5.91 Å². The van der Waals surface area contributed by atoms with E-state index in [1.54, 1.807) is 6.08 Å². The van der Waals surface area contributed by atoms with Gasteiger partial charge >= 0.3 is 0 Å². The van der Waals surface area contributed by atoms with Gasteiger partial charge in [-0.2, -0.15) is 0 Å². The van der Waals surface area contributed by atoms with Gasteiger partial charge in [-0.3, -0.25) is 19.3 Å². The Morgan fingerprint density at radius 2 is 1.68 bits per heavy atom. The molecule has 0 unspecified atom stereocenters. The van der Waals surface area contributed by atoms with Crippen molar-refractivity contribution in [2.75, 3.05) is 11.9 Å². The molecule has 0 radical (unpaired) electrons. The highest BCUT2D eigenvalue weighted by Crippen LogP contribution is 2.35. The van der Waals surface area contributed by atoms with Crippen LogP contribution in [-0.4, -0.2) is 28.5 Å². The number of hydrogen-bond donors (Lipinski definition) is 1. The summed E-state index contributed by atoms with van der Waals surface area (Å²) >= 11 is 5.25. The molecule has 0 atom stereocenters. The molecule has 0 aromatic heterocycles. The van der Waals surface area contributed by atoms with Gasteiger partial charge in [0, 0.05) is 5.69 Å². The second-order valence-corrected chi connectivity index (χ2v) is 12.0. The maximum atomic E-state index is 12.9. The van der Waals surface area contributed by atoms with Gasteiger partial charge in [0.15, 0.2) is 0 Å². The second-order valence-electron chi connectivity index (χ2n) is 8.68. The van der Waals surface area contributed by atoms with Crippen LogP contribution in [0.3, 0.4) is 0 Å². The van der Waals surface area contributed by atoms with Crippen LogP contribution in [-0.2, 0) is 16.2 Å². The van der Waals surface area contributed by atoms with Gasteiger partial charge < -0.3 is 10.1 Å². The summed E-state index contributed by atoms with van der Waals surface area (Å²) in [5, 5.41) is 2.29. The minimum atomic E-state index is -0.477. The number of hydrogen-bond acceptors (Lipinski definition) is 5.